The molecule has 0 unspecified atom stereocenters. The van der Waals surface area contributed by atoms with E-state index >= 15 is 0 Å². The van der Waals surface area contributed by atoms with Crippen LogP contribution in [-0.4, -0.2) is 14.2 Å². The van der Waals surface area contributed by atoms with Crippen LogP contribution < -0.4 is 4.72 Å². The third-order valence-electron chi connectivity index (χ3n) is 2.74. The van der Waals surface area contributed by atoms with Gasteiger partial charge in [0.25, 0.3) is 0 Å². The van der Waals surface area contributed by atoms with Gasteiger partial charge < -0.3 is 0 Å². The van der Waals surface area contributed by atoms with Crippen LogP contribution >= 0.6 is 11.6 Å². The first-order chi connectivity index (χ1) is 8.27. The summed E-state index contributed by atoms with van der Waals surface area (Å²) in [4.78, 5) is 0. The van der Waals surface area contributed by atoms with E-state index in [1.54, 1.807) is 12.1 Å². The van der Waals surface area contributed by atoms with Crippen molar-refractivity contribution in [2.75, 3.05) is 5.75 Å². The fourth-order valence-corrected chi connectivity index (χ4v) is 3.49. The van der Waals surface area contributed by atoms with Crippen molar-refractivity contribution in [3.8, 4) is 0 Å². The molecular formula is C13H20ClNO2S. The van der Waals surface area contributed by atoms with Crippen LogP contribution in [0.2, 0.25) is 5.02 Å². The SMILES string of the molecule is CCCCS(=O)(=O)NC(C)(C)c1ccc(Cl)cc1. The topological polar surface area (TPSA) is 46.2 Å². The molecule has 18 heavy (non-hydrogen) atoms. The lowest BCUT2D eigenvalue weighted by Gasteiger charge is -2.26. The summed E-state index contributed by atoms with van der Waals surface area (Å²) in [7, 11) is -3.24. The van der Waals surface area contributed by atoms with Gasteiger partial charge in [-0.1, -0.05) is 37.1 Å². The predicted molar refractivity (Wildman–Crippen MR) is 76.3 cm³/mol. The number of sulfonamides is 1. The molecule has 1 aromatic carbocycles. The molecule has 0 spiro atoms. The van der Waals surface area contributed by atoms with Gasteiger partial charge in [-0.3, -0.25) is 0 Å². The first kappa shape index (κ1) is 15.5. The Kier molecular flexibility index (Phi) is 5.20. The molecule has 0 saturated carbocycles. The van der Waals surface area contributed by atoms with Crippen LogP contribution in [-0.2, 0) is 15.6 Å². The van der Waals surface area contributed by atoms with Gasteiger partial charge >= 0.3 is 0 Å². The van der Waals surface area contributed by atoms with Gasteiger partial charge in [-0.2, -0.15) is 0 Å². The number of benzene rings is 1. The van der Waals surface area contributed by atoms with Gasteiger partial charge in [0.05, 0.1) is 11.3 Å². The Morgan fingerprint density at radius 3 is 2.28 bits per heavy atom. The number of hydrogen-bond donors (Lipinski definition) is 1. The van der Waals surface area contributed by atoms with Gasteiger partial charge in [0.2, 0.25) is 10.0 Å². The fraction of sp³-hybridized carbons (Fsp3) is 0.538. The van der Waals surface area contributed by atoms with Crippen molar-refractivity contribution in [1.82, 2.24) is 4.72 Å². The Morgan fingerprint density at radius 2 is 1.78 bits per heavy atom. The standard InChI is InChI=1S/C13H20ClNO2S/c1-4-5-10-18(16,17)15-13(2,3)11-6-8-12(14)9-7-11/h6-9,15H,4-5,10H2,1-3H3. The van der Waals surface area contributed by atoms with E-state index in [2.05, 4.69) is 4.72 Å². The molecule has 0 fully saturated rings. The van der Waals surface area contributed by atoms with E-state index < -0.39 is 15.6 Å². The number of nitrogens with one attached hydrogen (secondary N) is 1. The molecule has 1 N–H and O–H groups in total. The fourth-order valence-electron chi connectivity index (χ4n) is 1.70. The maximum Gasteiger partial charge on any atom is 0.212 e. The highest BCUT2D eigenvalue weighted by Gasteiger charge is 2.26. The highest BCUT2D eigenvalue weighted by Crippen LogP contribution is 2.23. The minimum Gasteiger partial charge on any atom is -0.212 e. The third kappa shape index (κ3) is 4.59. The lowest BCUT2D eigenvalue weighted by atomic mass is 9.96. The highest BCUT2D eigenvalue weighted by molar-refractivity contribution is 7.89. The van der Waals surface area contributed by atoms with Gasteiger partial charge in [0, 0.05) is 5.02 Å². The first-order valence-corrected chi connectivity index (χ1v) is 8.07. The number of halogens is 1. The van der Waals surface area contributed by atoms with Gasteiger partial charge in [0.1, 0.15) is 0 Å². The zero-order valence-corrected chi connectivity index (χ0v) is 12.6. The first-order valence-electron chi connectivity index (χ1n) is 6.04. The van der Waals surface area contributed by atoms with E-state index in [4.69, 9.17) is 11.6 Å². The van der Waals surface area contributed by atoms with E-state index in [9.17, 15) is 8.42 Å². The Balaban J connectivity index is 2.84. The molecule has 0 aliphatic carbocycles. The van der Waals surface area contributed by atoms with Crippen molar-refractivity contribution in [2.24, 2.45) is 0 Å². The molecule has 0 amide bonds. The summed E-state index contributed by atoms with van der Waals surface area (Å²) in [6.45, 7) is 5.67. The van der Waals surface area contributed by atoms with Crippen LogP contribution in [0.15, 0.2) is 24.3 Å². The minimum absolute atomic E-state index is 0.167. The van der Waals surface area contributed by atoms with Crippen LogP contribution in [0.4, 0.5) is 0 Å². The van der Waals surface area contributed by atoms with Crippen molar-refractivity contribution in [3.05, 3.63) is 34.9 Å². The molecule has 0 radical (unpaired) electrons. The number of unbranched alkanes of at least 4 members (excludes halogenated alkanes) is 1. The van der Waals surface area contributed by atoms with Crippen LogP contribution in [0, 0.1) is 0 Å². The van der Waals surface area contributed by atoms with E-state index in [1.165, 1.54) is 0 Å². The third-order valence-corrected chi connectivity index (χ3v) is 4.64. The molecule has 0 saturated heterocycles. The number of hydrogen-bond acceptors (Lipinski definition) is 2. The van der Waals surface area contributed by atoms with Crippen molar-refractivity contribution in [3.63, 3.8) is 0 Å². The quantitative estimate of drug-likeness (QED) is 0.873. The van der Waals surface area contributed by atoms with Crippen molar-refractivity contribution >= 4 is 21.6 Å². The maximum absolute atomic E-state index is 11.9. The van der Waals surface area contributed by atoms with Gasteiger partial charge in [0.15, 0.2) is 0 Å². The van der Waals surface area contributed by atoms with Crippen LogP contribution in [0.25, 0.3) is 0 Å². The van der Waals surface area contributed by atoms with Crippen molar-refractivity contribution in [1.29, 1.82) is 0 Å². The summed E-state index contributed by atoms with van der Waals surface area (Å²) in [6, 6.07) is 7.20. The zero-order chi connectivity index (χ0) is 13.8. The Hall–Kier alpha value is -0.580. The molecular weight excluding hydrogens is 270 g/mol. The predicted octanol–water partition coefficient (Wildman–Crippen LogP) is 3.29. The second kappa shape index (κ2) is 6.04. The smallest absolute Gasteiger partial charge is 0.212 e. The molecule has 0 aliphatic rings. The van der Waals surface area contributed by atoms with Crippen LogP contribution in [0.1, 0.15) is 39.2 Å². The van der Waals surface area contributed by atoms with E-state index in [-0.39, 0.29) is 5.75 Å². The number of rotatable bonds is 6. The summed E-state index contributed by atoms with van der Waals surface area (Å²) < 4.78 is 26.5. The Bertz CT molecular complexity index is 480. The maximum atomic E-state index is 11.9. The molecule has 1 aromatic rings. The molecule has 5 heteroatoms. The lowest BCUT2D eigenvalue weighted by molar-refractivity contribution is 0.471. The largest absolute Gasteiger partial charge is 0.212 e. The summed E-state index contributed by atoms with van der Waals surface area (Å²) in [5.74, 6) is 0.167. The molecule has 0 heterocycles. The summed E-state index contributed by atoms with van der Waals surface area (Å²) in [6.07, 6.45) is 1.54. The second-order valence-corrected chi connectivity index (χ2v) is 7.18. The lowest BCUT2D eigenvalue weighted by Crippen LogP contribution is -2.42. The molecule has 0 bridgehead atoms. The van der Waals surface area contributed by atoms with E-state index in [1.807, 2.05) is 32.9 Å². The van der Waals surface area contributed by atoms with Crippen LogP contribution in [0.3, 0.4) is 0 Å². The highest BCUT2D eigenvalue weighted by atomic mass is 35.5. The Labute approximate surface area is 115 Å². The average molecular weight is 290 g/mol. The second-order valence-electron chi connectivity index (χ2n) is 4.91. The zero-order valence-electron chi connectivity index (χ0n) is 11.0. The van der Waals surface area contributed by atoms with E-state index in [0.717, 1.165) is 12.0 Å². The summed E-state index contributed by atoms with van der Waals surface area (Å²) >= 11 is 5.82. The molecule has 0 aromatic heterocycles. The monoisotopic (exact) mass is 289 g/mol. The van der Waals surface area contributed by atoms with Gasteiger partial charge in [-0.15, -0.1) is 0 Å². The van der Waals surface area contributed by atoms with Crippen LogP contribution in [0.5, 0.6) is 0 Å². The summed E-state index contributed by atoms with van der Waals surface area (Å²) in [5, 5.41) is 0.642. The van der Waals surface area contributed by atoms with Gasteiger partial charge in [-0.25, -0.2) is 13.1 Å². The molecule has 0 aliphatic heterocycles. The van der Waals surface area contributed by atoms with Gasteiger partial charge in [-0.05, 0) is 38.0 Å². The minimum atomic E-state index is -3.24. The molecule has 0 atom stereocenters. The average Bonchev–Trinajstić information content (AvgIpc) is 2.25. The van der Waals surface area contributed by atoms with Crippen molar-refractivity contribution < 1.29 is 8.42 Å². The molecule has 1 rings (SSSR count). The Morgan fingerprint density at radius 1 is 1.22 bits per heavy atom. The normalized spacial score (nSPS) is 12.7. The molecule has 3 nitrogen and oxygen atoms in total. The van der Waals surface area contributed by atoms with E-state index in [0.29, 0.717) is 11.4 Å². The summed E-state index contributed by atoms with van der Waals surface area (Å²) in [5.41, 5.74) is 0.268. The van der Waals surface area contributed by atoms with Crippen molar-refractivity contribution in [2.45, 2.75) is 39.2 Å². The molecule has 102 valence electrons.